The Morgan fingerprint density at radius 2 is 1.81 bits per heavy atom. The number of carboxylic acids is 2. The first-order valence-electron chi connectivity index (χ1n) is 6.00. The summed E-state index contributed by atoms with van der Waals surface area (Å²) < 4.78 is 0. The van der Waals surface area contributed by atoms with Crippen molar-refractivity contribution in [1.82, 2.24) is 0 Å². The van der Waals surface area contributed by atoms with Crippen molar-refractivity contribution in [2.24, 2.45) is 0 Å². The summed E-state index contributed by atoms with van der Waals surface area (Å²) >= 11 is 0. The molecule has 0 heterocycles. The largest absolute Gasteiger partial charge is 0.478 e. The van der Waals surface area contributed by atoms with E-state index in [0.29, 0.717) is 12.0 Å². The smallest absolute Gasteiger partial charge is 0.339 e. The van der Waals surface area contributed by atoms with Crippen LogP contribution in [0.3, 0.4) is 0 Å². The molecule has 6 heteroatoms. The highest BCUT2D eigenvalue weighted by Gasteiger charge is 2.21. The van der Waals surface area contributed by atoms with Crippen molar-refractivity contribution in [3.05, 3.63) is 65.5 Å². The van der Waals surface area contributed by atoms with Crippen LogP contribution in [0.15, 0.2) is 59.9 Å². The number of hydrogen-bond acceptors (Lipinski definition) is 4. The maximum absolute atomic E-state index is 11.1. The fraction of sp³-hybridized carbons (Fsp3) is 0.0667. The van der Waals surface area contributed by atoms with Crippen molar-refractivity contribution in [2.75, 3.05) is 0 Å². The second-order valence-electron chi connectivity index (χ2n) is 4.23. The summed E-state index contributed by atoms with van der Waals surface area (Å²) in [6.45, 7) is 3.70. The van der Waals surface area contributed by atoms with Gasteiger partial charge in [-0.1, -0.05) is 24.8 Å². The molecule has 0 aromatic heterocycles. The number of aromatic carboxylic acids is 1. The Labute approximate surface area is 120 Å². The number of para-hydroxylation sites is 1. The molecule has 2 rings (SSSR count). The molecule has 0 saturated carbocycles. The monoisotopic (exact) mass is 288 g/mol. The summed E-state index contributed by atoms with van der Waals surface area (Å²) in [4.78, 5) is 32.2. The van der Waals surface area contributed by atoms with E-state index in [4.69, 9.17) is 20.0 Å². The molecule has 0 bridgehead atoms. The highest BCUT2D eigenvalue weighted by atomic mass is 17.2. The van der Waals surface area contributed by atoms with Crippen LogP contribution in [0.25, 0.3) is 0 Å². The molecule has 0 amide bonds. The third kappa shape index (κ3) is 3.11. The van der Waals surface area contributed by atoms with E-state index in [9.17, 15) is 9.59 Å². The van der Waals surface area contributed by atoms with E-state index in [0.717, 1.165) is 0 Å². The van der Waals surface area contributed by atoms with E-state index in [1.165, 1.54) is 18.2 Å². The van der Waals surface area contributed by atoms with Gasteiger partial charge in [-0.15, -0.1) is 0 Å². The molecular weight excluding hydrogens is 276 g/mol. The van der Waals surface area contributed by atoms with Gasteiger partial charge in [-0.05, 0) is 30.2 Å². The first-order valence-corrected chi connectivity index (χ1v) is 6.00. The Bertz CT molecular complexity index is 668. The number of aliphatic carboxylic acids is 1. The molecule has 1 aromatic rings. The lowest BCUT2D eigenvalue weighted by Gasteiger charge is -2.16. The molecule has 2 N–H and O–H groups in total. The van der Waals surface area contributed by atoms with Crippen molar-refractivity contribution < 1.29 is 29.6 Å². The molecule has 0 unspecified atom stereocenters. The van der Waals surface area contributed by atoms with Gasteiger partial charge in [-0.25, -0.2) is 9.59 Å². The van der Waals surface area contributed by atoms with Gasteiger partial charge in [0.2, 0.25) is 0 Å². The lowest BCUT2D eigenvalue weighted by atomic mass is 10.0. The molecule has 0 atom stereocenters. The average Bonchev–Trinajstić information content (AvgIpc) is 2.45. The summed E-state index contributed by atoms with van der Waals surface area (Å²) in [6, 6.07) is 5.88. The highest BCUT2D eigenvalue weighted by Crippen LogP contribution is 2.27. The lowest BCUT2D eigenvalue weighted by molar-refractivity contribution is -0.165. The van der Waals surface area contributed by atoms with Gasteiger partial charge in [-0.3, -0.25) is 9.78 Å². The van der Waals surface area contributed by atoms with Crippen molar-refractivity contribution in [3.8, 4) is 5.75 Å². The third-order valence-corrected chi connectivity index (χ3v) is 2.78. The Balaban J connectivity index is 2.26. The Hall–Kier alpha value is -3.02. The summed E-state index contributed by atoms with van der Waals surface area (Å²) in [5, 5.41) is 18.1. The number of hydrogen-bond donors (Lipinski definition) is 2. The molecule has 108 valence electrons. The Morgan fingerprint density at radius 1 is 1.10 bits per heavy atom. The van der Waals surface area contributed by atoms with Gasteiger partial charge in [0.15, 0.2) is 11.5 Å². The third-order valence-electron chi connectivity index (χ3n) is 2.78. The molecule has 0 spiro atoms. The minimum atomic E-state index is -1.18. The normalized spacial score (nSPS) is 14.0. The zero-order valence-electron chi connectivity index (χ0n) is 10.9. The molecular formula is C15H12O6. The standard InChI is InChI=1S/C15H12O6/c1-9-5-4-7-11(15(18)19)13(9)21-20-12-8-3-2-6-10(12)14(16)17/h2-4,6-8H,1,5H2,(H,16,17)(H,18,19). The number of carbonyl (C=O) groups is 2. The lowest BCUT2D eigenvalue weighted by Crippen LogP contribution is -2.12. The predicted octanol–water partition coefficient (Wildman–Crippen LogP) is 2.55. The van der Waals surface area contributed by atoms with Crippen LogP contribution in [-0.4, -0.2) is 22.2 Å². The summed E-state index contributed by atoms with van der Waals surface area (Å²) in [5.41, 5.74) is 0.244. The van der Waals surface area contributed by atoms with Gasteiger partial charge in [0.1, 0.15) is 11.1 Å². The van der Waals surface area contributed by atoms with Crippen molar-refractivity contribution in [1.29, 1.82) is 0 Å². The number of benzene rings is 1. The zero-order valence-corrected chi connectivity index (χ0v) is 10.9. The predicted molar refractivity (Wildman–Crippen MR) is 72.7 cm³/mol. The summed E-state index contributed by atoms with van der Waals surface area (Å²) in [7, 11) is 0. The number of allylic oxidation sites excluding steroid dienone is 2. The zero-order chi connectivity index (χ0) is 15.4. The maximum atomic E-state index is 11.1. The van der Waals surface area contributed by atoms with Crippen LogP contribution in [0.4, 0.5) is 0 Å². The van der Waals surface area contributed by atoms with Crippen molar-refractivity contribution in [3.63, 3.8) is 0 Å². The van der Waals surface area contributed by atoms with Gasteiger partial charge in [-0.2, -0.15) is 0 Å². The van der Waals surface area contributed by atoms with Crippen LogP contribution < -0.4 is 4.89 Å². The Morgan fingerprint density at radius 3 is 2.48 bits per heavy atom. The molecule has 1 aromatic carbocycles. The van der Waals surface area contributed by atoms with Crippen LogP contribution in [0.1, 0.15) is 16.8 Å². The van der Waals surface area contributed by atoms with Crippen LogP contribution in [0.5, 0.6) is 5.75 Å². The van der Waals surface area contributed by atoms with Gasteiger partial charge < -0.3 is 10.2 Å². The Kier molecular flexibility index (Phi) is 4.08. The van der Waals surface area contributed by atoms with Crippen LogP contribution in [-0.2, 0) is 9.68 Å². The van der Waals surface area contributed by atoms with E-state index in [1.54, 1.807) is 18.2 Å². The van der Waals surface area contributed by atoms with E-state index in [1.807, 2.05) is 0 Å². The number of carboxylic acid groups (broad SMARTS) is 2. The van der Waals surface area contributed by atoms with Gasteiger partial charge >= 0.3 is 11.9 Å². The summed E-state index contributed by atoms with van der Waals surface area (Å²) in [5.74, 6) is -2.41. The van der Waals surface area contributed by atoms with E-state index >= 15 is 0 Å². The highest BCUT2D eigenvalue weighted by molar-refractivity contribution is 5.92. The topological polar surface area (TPSA) is 93.1 Å². The van der Waals surface area contributed by atoms with Crippen LogP contribution >= 0.6 is 0 Å². The second kappa shape index (κ2) is 5.96. The molecule has 1 aliphatic rings. The van der Waals surface area contributed by atoms with Gasteiger partial charge in [0.25, 0.3) is 0 Å². The van der Waals surface area contributed by atoms with Crippen LogP contribution in [0, 0.1) is 0 Å². The van der Waals surface area contributed by atoms with Gasteiger partial charge in [0.05, 0.1) is 0 Å². The van der Waals surface area contributed by atoms with Crippen molar-refractivity contribution in [2.45, 2.75) is 6.42 Å². The molecule has 21 heavy (non-hydrogen) atoms. The minimum absolute atomic E-state index is 0.0230. The maximum Gasteiger partial charge on any atom is 0.339 e. The molecule has 1 aliphatic carbocycles. The first kappa shape index (κ1) is 14.4. The molecule has 0 saturated heterocycles. The van der Waals surface area contributed by atoms with Gasteiger partial charge in [0, 0.05) is 0 Å². The van der Waals surface area contributed by atoms with Crippen molar-refractivity contribution >= 4 is 11.9 Å². The second-order valence-corrected chi connectivity index (χ2v) is 4.23. The summed E-state index contributed by atoms with van der Waals surface area (Å²) in [6.07, 6.45) is 3.46. The molecule has 0 aliphatic heterocycles. The fourth-order valence-corrected chi connectivity index (χ4v) is 1.75. The molecule has 0 radical (unpaired) electrons. The quantitative estimate of drug-likeness (QED) is 0.639. The van der Waals surface area contributed by atoms with E-state index in [2.05, 4.69) is 6.58 Å². The molecule has 6 nitrogen and oxygen atoms in total. The fourth-order valence-electron chi connectivity index (χ4n) is 1.75. The van der Waals surface area contributed by atoms with Crippen LogP contribution in [0.2, 0.25) is 0 Å². The SMILES string of the molecule is C=C1CC=CC(C(=O)O)=C1OOc1ccccc1C(=O)O. The number of rotatable bonds is 5. The average molecular weight is 288 g/mol. The first-order chi connectivity index (χ1) is 10.0. The molecule has 0 fully saturated rings. The minimum Gasteiger partial charge on any atom is -0.478 e. The van der Waals surface area contributed by atoms with E-state index in [-0.39, 0.29) is 22.6 Å². The van der Waals surface area contributed by atoms with E-state index < -0.39 is 11.9 Å².